The highest BCUT2D eigenvalue weighted by atomic mass is 19.1. The van der Waals surface area contributed by atoms with E-state index in [0.29, 0.717) is 11.4 Å². The maximum absolute atomic E-state index is 13.0. The predicted octanol–water partition coefficient (Wildman–Crippen LogP) is 1.21. The van der Waals surface area contributed by atoms with Gasteiger partial charge in [0.15, 0.2) is 0 Å². The molecule has 0 unspecified atom stereocenters. The van der Waals surface area contributed by atoms with Gasteiger partial charge >= 0.3 is 0 Å². The second-order valence-electron chi connectivity index (χ2n) is 3.24. The Kier molecular flexibility index (Phi) is 2.47. The summed E-state index contributed by atoms with van der Waals surface area (Å²) >= 11 is 0. The molecule has 15 heavy (non-hydrogen) atoms. The van der Waals surface area contributed by atoms with Crippen molar-refractivity contribution in [3.63, 3.8) is 0 Å². The summed E-state index contributed by atoms with van der Waals surface area (Å²) in [6, 6.07) is 4.44. The molecule has 0 saturated heterocycles. The van der Waals surface area contributed by atoms with E-state index < -0.39 is 0 Å². The number of hydrogen-bond acceptors (Lipinski definition) is 3. The molecule has 0 aliphatic rings. The second kappa shape index (κ2) is 3.78. The Morgan fingerprint density at radius 3 is 2.93 bits per heavy atom. The molecular formula is C10H10FN3O. The largest absolute Gasteiger partial charge is 0.390 e. The van der Waals surface area contributed by atoms with Gasteiger partial charge < -0.3 is 5.11 Å². The van der Waals surface area contributed by atoms with Crippen molar-refractivity contribution in [3.8, 4) is 5.69 Å². The summed E-state index contributed by atoms with van der Waals surface area (Å²) in [6.07, 6.45) is 1.57. The van der Waals surface area contributed by atoms with Crippen LogP contribution >= 0.6 is 0 Å². The standard InChI is InChI=1S/C10H10FN3O/c1-7-2-3-8(11)4-10(7)14-5-9(6-15)12-13-14/h2-5,15H,6H2,1H3. The highest BCUT2D eigenvalue weighted by Crippen LogP contribution is 2.14. The van der Waals surface area contributed by atoms with Crippen LogP contribution in [0.3, 0.4) is 0 Å². The van der Waals surface area contributed by atoms with Crippen molar-refractivity contribution >= 4 is 0 Å². The summed E-state index contributed by atoms with van der Waals surface area (Å²) in [7, 11) is 0. The molecule has 0 aliphatic carbocycles. The quantitative estimate of drug-likeness (QED) is 0.805. The van der Waals surface area contributed by atoms with Gasteiger partial charge in [-0.2, -0.15) is 0 Å². The Bertz CT molecular complexity index is 481. The fourth-order valence-electron chi connectivity index (χ4n) is 1.32. The molecule has 0 radical (unpaired) electrons. The lowest BCUT2D eigenvalue weighted by molar-refractivity contribution is 0.276. The van der Waals surface area contributed by atoms with Gasteiger partial charge in [-0.15, -0.1) is 5.10 Å². The molecule has 0 spiro atoms. The normalized spacial score (nSPS) is 10.6. The highest BCUT2D eigenvalue weighted by Gasteiger charge is 2.05. The lowest BCUT2D eigenvalue weighted by Crippen LogP contribution is -1.98. The molecular weight excluding hydrogens is 197 g/mol. The van der Waals surface area contributed by atoms with Crippen molar-refractivity contribution < 1.29 is 9.50 Å². The average Bonchev–Trinajstić information content (AvgIpc) is 2.70. The molecule has 78 valence electrons. The Balaban J connectivity index is 2.48. The second-order valence-corrected chi connectivity index (χ2v) is 3.24. The number of rotatable bonds is 2. The first-order valence-electron chi connectivity index (χ1n) is 4.49. The molecule has 0 fully saturated rings. The molecule has 0 bridgehead atoms. The summed E-state index contributed by atoms with van der Waals surface area (Å²) in [5, 5.41) is 16.4. The van der Waals surface area contributed by atoms with Crippen molar-refractivity contribution in [2.75, 3.05) is 0 Å². The molecule has 2 rings (SSSR count). The first kappa shape index (κ1) is 9.79. The van der Waals surface area contributed by atoms with Crippen molar-refractivity contribution in [1.82, 2.24) is 15.0 Å². The van der Waals surface area contributed by atoms with Crippen LogP contribution < -0.4 is 0 Å². The van der Waals surface area contributed by atoms with E-state index in [9.17, 15) is 4.39 Å². The lowest BCUT2D eigenvalue weighted by atomic mass is 10.2. The molecule has 1 aromatic carbocycles. The Morgan fingerprint density at radius 1 is 1.47 bits per heavy atom. The topological polar surface area (TPSA) is 50.9 Å². The van der Waals surface area contributed by atoms with Crippen LogP contribution in [-0.2, 0) is 6.61 Å². The van der Waals surface area contributed by atoms with E-state index >= 15 is 0 Å². The van der Waals surface area contributed by atoms with Crippen LogP contribution in [0.4, 0.5) is 4.39 Å². The third-order valence-corrected chi connectivity index (χ3v) is 2.12. The number of aliphatic hydroxyl groups excluding tert-OH is 1. The van der Waals surface area contributed by atoms with Gasteiger partial charge in [0.2, 0.25) is 0 Å². The highest BCUT2D eigenvalue weighted by molar-refractivity contribution is 5.39. The number of benzene rings is 1. The number of aliphatic hydroxyl groups is 1. The molecule has 1 N–H and O–H groups in total. The maximum atomic E-state index is 13.0. The zero-order valence-corrected chi connectivity index (χ0v) is 8.18. The fraction of sp³-hybridized carbons (Fsp3) is 0.200. The number of aryl methyl sites for hydroxylation is 1. The van der Waals surface area contributed by atoms with Crippen LogP contribution in [0.25, 0.3) is 5.69 Å². The van der Waals surface area contributed by atoms with Gasteiger partial charge in [0.25, 0.3) is 0 Å². The van der Waals surface area contributed by atoms with E-state index in [4.69, 9.17) is 5.11 Å². The zero-order valence-electron chi connectivity index (χ0n) is 8.18. The van der Waals surface area contributed by atoms with Crippen molar-refractivity contribution in [1.29, 1.82) is 0 Å². The molecule has 0 amide bonds. The SMILES string of the molecule is Cc1ccc(F)cc1-n1cc(CO)nn1. The molecule has 0 aliphatic heterocycles. The lowest BCUT2D eigenvalue weighted by Gasteiger charge is -2.03. The van der Waals surface area contributed by atoms with E-state index in [2.05, 4.69) is 10.3 Å². The summed E-state index contributed by atoms with van der Waals surface area (Å²) in [6.45, 7) is 1.68. The fourth-order valence-corrected chi connectivity index (χ4v) is 1.32. The Hall–Kier alpha value is -1.75. The van der Waals surface area contributed by atoms with Gasteiger partial charge in [0, 0.05) is 0 Å². The van der Waals surface area contributed by atoms with Crippen molar-refractivity contribution in [2.45, 2.75) is 13.5 Å². The number of nitrogens with zero attached hydrogens (tertiary/aromatic N) is 3. The van der Waals surface area contributed by atoms with Crippen LogP contribution in [0, 0.1) is 12.7 Å². The summed E-state index contributed by atoms with van der Waals surface area (Å²) in [5.41, 5.74) is 1.98. The van der Waals surface area contributed by atoms with Crippen LogP contribution in [0.5, 0.6) is 0 Å². The van der Waals surface area contributed by atoms with Gasteiger partial charge in [0.05, 0.1) is 18.5 Å². The van der Waals surface area contributed by atoms with Gasteiger partial charge in [-0.1, -0.05) is 11.3 Å². The summed E-state index contributed by atoms with van der Waals surface area (Å²) < 4.78 is 14.5. The molecule has 1 aromatic heterocycles. The first-order valence-corrected chi connectivity index (χ1v) is 4.49. The third-order valence-electron chi connectivity index (χ3n) is 2.12. The van der Waals surface area contributed by atoms with E-state index in [1.54, 1.807) is 12.3 Å². The predicted molar refractivity (Wildman–Crippen MR) is 52.0 cm³/mol. The van der Waals surface area contributed by atoms with Crippen LogP contribution in [-0.4, -0.2) is 20.1 Å². The summed E-state index contributed by atoms with van der Waals surface area (Å²) in [4.78, 5) is 0. The van der Waals surface area contributed by atoms with Gasteiger partial charge in [0.1, 0.15) is 11.5 Å². The molecule has 0 saturated carbocycles. The van der Waals surface area contributed by atoms with Crippen LogP contribution in [0.15, 0.2) is 24.4 Å². The Morgan fingerprint density at radius 2 is 2.27 bits per heavy atom. The van der Waals surface area contributed by atoms with Gasteiger partial charge in [-0.25, -0.2) is 9.07 Å². The monoisotopic (exact) mass is 207 g/mol. The number of hydrogen-bond donors (Lipinski definition) is 1. The van der Waals surface area contributed by atoms with E-state index in [1.807, 2.05) is 6.92 Å². The van der Waals surface area contributed by atoms with E-state index in [0.717, 1.165) is 5.56 Å². The smallest absolute Gasteiger partial charge is 0.125 e. The minimum atomic E-state index is -0.323. The zero-order chi connectivity index (χ0) is 10.8. The van der Waals surface area contributed by atoms with E-state index in [1.165, 1.54) is 16.8 Å². The molecule has 5 heteroatoms. The van der Waals surface area contributed by atoms with E-state index in [-0.39, 0.29) is 12.4 Å². The summed E-state index contributed by atoms with van der Waals surface area (Å²) in [5.74, 6) is -0.323. The van der Waals surface area contributed by atoms with Crippen LogP contribution in [0.1, 0.15) is 11.3 Å². The number of aromatic nitrogens is 3. The minimum absolute atomic E-state index is 0.172. The van der Waals surface area contributed by atoms with Gasteiger partial charge in [-0.3, -0.25) is 0 Å². The average molecular weight is 207 g/mol. The molecule has 4 nitrogen and oxygen atoms in total. The van der Waals surface area contributed by atoms with Crippen LogP contribution in [0.2, 0.25) is 0 Å². The minimum Gasteiger partial charge on any atom is -0.390 e. The Labute approximate surface area is 86.0 Å². The number of halogens is 1. The van der Waals surface area contributed by atoms with Gasteiger partial charge in [-0.05, 0) is 24.6 Å². The molecule has 1 heterocycles. The molecule has 0 atom stereocenters. The van der Waals surface area contributed by atoms with Crippen molar-refractivity contribution in [2.24, 2.45) is 0 Å². The van der Waals surface area contributed by atoms with Crippen molar-refractivity contribution in [3.05, 3.63) is 41.5 Å². The maximum Gasteiger partial charge on any atom is 0.125 e. The first-order chi connectivity index (χ1) is 7.20. The third kappa shape index (κ3) is 1.87. The molecule has 2 aromatic rings.